The van der Waals surface area contributed by atoms with Crippen molar-refractivity contribution in [3.63, 3.8) is 0 Å². The van der Waals surface area contributed by atoms with Crippen LogP contribution < -0.4 is 5.32 Å². The van der Waals surface area contributed by atoms with Crippen molar-refractivity contribution in [2.45, 2.75) is 26.2 Å². The molecule has 1 fully saturated rings. The number of hydrogen-bond donors (Lipinski definition) is 1. The Morgan fingerprint density at radius 3 is 2.62 bits per heavy atom. The molecule has 1 saturated heterocycles. The summed E-state index contributed by atoms with van der Waals surface area (Å²) in [7, 11) is 0. The number of likely N-dealkylation sites (tertiary alicyclic amines) is 1. The predicted octanol–water partition coefficient (Wildman–Crippen LogP) is 2.92. The molecular formula is C20H25N3O. The largest absolute Gasteiger partial charge is 0.351 e. The minimum Gasteiger partial charge on any atom is -0.351 e. The number of amides is 1. The first kappa shape index (κ1) is 16.7. The summed E-state index contributed by atoms with van der Waals surface area (Å²) in [5.74, 6) is 0.606. The van der Waals surface area contributed by atoms with Crippen LogP contribution in [-0.2, 0) is 0 Å². The van der Waals surface area contributed by atoms with E-state index in [-0.39, 0.29) is 5.91 Å². The van der Waals surface area contributed by atoms with E-state index in [1.165, 1.54) is 12.0 Å². The third-order valence-electron chi connectivity index (χ3n) is 4.60. The molecule has 1 amide bonds. The standard InChI is InChI=1S/C20H25N3O/c1-15-12-19(13-16(2)22-15)20(24)21-9-11-23-10-8-18(14-23)17-6-4-3-5-7-17/h3-7,12-13,18H,8-11,14H2,1-2H3,(H,21,24). The monoisotopic (exact) mass is 323 g/mol. The van der Waals surface area contributed by atoms with Crippen molar-refractivity contribution in [2.75, 3.05) is 26.2 Å². The SMILES string of the molecule is Cc1cc(C(=O)NCCN2CCC(c3ccccc3)C2)cc(C)n1. The Kier molecular flexibility index (Phi) is 5.26. The van der Waals surface area contributed by atoms with Crippen molar-refractivity contribution in [1.29, 1.82) is 0 Å². The van der Waals surface area contributed by atoms with E-state index in [9.17, 15) is 4.79 Å². The molecule has 4 nitrogen and oxygen atoms in total. The fourth-order valence-corrected chi connectivity index (χ4v) is 3.43. The van der Waals surface area contributed by atoms with Gasteiger partial charge in [-0.15, -0.1) is 0 Å². The molecule has 1 aliphatic heterocycles. The van der Waals surface area contributed by atoms with Gasteiger partial charge in [0.1, 0.15) is 0 Å². The number of aromatic nitrogens is 1. The lowest BCUT2D eigenvalue weighted by Crippen LogP contribution is -2.33. The number of benzene rings is 1. The highest BCUT2D eigenvalue weighted by molar-refractivity contribution is 5.94. The zero-order chi connectivity index (χ0) is 16.9. The Morgan fingerprint density at radius 1 is 1.21 bits per heavy atom. The average molecular weight is 323 g/mol. The summed E-state index contributed by atoms with van der Waals surface area (Å²) in [6.07, 6.45) is 1.20. The van der Waals surface area contributed by atoms with Crippen molar-refractivity contribution < 1.29 is 4.79 Å². The van der Waals surface area contributed by atoms with Gasteiger partial charge in [-0.2, -0.15) is 0 Å². The van der Waals surface area contributed by atoms with Crippen molar-refractivity contribution in [2.24, 2.45) is 0 Å². The second-order valence-corrected chi connectivity index (χ2v) is 6.59. The maximum absolute atomic E-state index is 12.3. The quantitative estimate of drug-likeness (QED) is 0.920. The molecule has 2 heterocycles. The van der Waals surface area contributed by atoms with E-state index in [1.807, 2.05) is 26.0 Å². The zero-order valence-electron chi connectivity index (χ0n) is 14.5. The summed E-state index contributed by atoms with van der Waals surface area (Å²) in [6, 6.07) is 14.4. The summed E-state index contributed by atoms with van der Waals surface area (Å²) in [4.78, 5) is 19.0. The van der Waals surface area contributed by atoms with Gasteiger partial charge in [0.15, 0.2) is 0 Å². The van der Waals surface area contributed by atoms with Crippen LogP contribution in [0.2, 0.25) is 0 Å². The van der Waals surface area contributed by atoms with Crippen LogP contribution in [0.4, 0.5) is 0 Å². The van der Waals surface area contributed by atoms with Crippen LogP contribution in [0.1, 0.15) is 39.6 Å². The maximum atomic E-state index is 12.3. The molecule has 3 rings (SSSR count). The summed E-state index contributed by atoms with van der Waals surface area (Å²) in [5, 5.41) is 3.03. The predicted molar refractivity (Wildman–Crippen MR) is 96.3 cm³/mol. The number of carbonyl (C=O) groups is 1. The number of aryl methyl sites for hydroxylation is 2. The summed E-state index contributed by atoms with van der Waals surface area (Å²) in [6.45, 7) is 7.59. The van der Waals surface area contributed by atoms with Gasteiger partial charge in [-0.1, -0.05) is 30.3 Å². The second kappa shape index (κ2) is 7.58. The smallest absolute Gasteiger partial charge is 0.251 e. The number of rotatable bonds is 5. The molecule has 0 saturated carbocycles. The van der Waals surface area contributed by atoms with E-state index in [0.717, 1.165) is 31.0 Å². The normalized spacial score (nSPS) is 17.8. The fourth-order valence-electron chi connectivity index (χ4n) is 3.43. The lowest BCUT2D eigenvalue weighted by atomic mass is 9.99. The summed E-state index contributed by atoms with van der Waals surface area (Å²) >= 11 is 0. The molecule has 0 spiro atoms. The van der Waals surface area contributed by atoms with E-state index in [2.05, 4.69) is 45.5 Å². The zero-order valence-corrected chi connectivity index (χ0v) is 14.5. The van der Waals surface area contributed by atoms with Crippen LogP contribution in [0.15, 0.2) is 42.5 Å². The van der Waals surface area contributed by atoms with Crippen LogP contribution in [-0.4, -0.2) is 42.0 Å². The molecular weight excluding hydrogens is 298 g/mol. The molecule has 1 aromatic carbocycles. The minimum atomic E-state index is -0.0117. The van der Waals surface area contributed by atoms with Gasteiger partial charge in [-0.05, 0) is 50.4 Å². The average Bonchev–Trinajstić information content (AvgIpc) is 3.03. The fraction of sp³-hybridized carbons (Fsp3) is 0.400. The van der Waals surface area contributed by atoms with Gasteiger partial charge in [-0.3, -0.25) is 9.78 Å². The molecule has 4 heteroatoms. The first-order chi connectivity index (χ1) is 11.6. The lowest BCUT2D eigenvalue weighted by Gasteiger charge is -2.16. The van der Waals surface area contributed by atoms with Crippen LogP contribution in [0, 0.1) is 13.8 Å². The Labute approximate surface area is 143 Å². The topological polar surface area (TPSA) is 45.2 Å². The molecule has 2 aromatic rings. The second-order valence-electron chi connectivity index (χ2n) is 6.59. The van der Waals surface area contributed by atoms with Gasteiger partial charge in [-0.25, -0.2) is 0 Å². The van der Waals surface area contributed by atoms with E-state index < -0.39 is 0 Å². The Morgan fingerprint density at radius 2 is 1.92 bits per heavy atom. The van der Waals surface area contributed by atoms with E-state index in [4.69, 9.17) is 0 Å². The molecule has 0 bridgehead atoms. The van der Waals surface area contributed by atoms with Gasteiger partial charge in [0.05, 0.1) is 0 Å². The molecule has 1 aliphatic rings. The highest BCUT2D eigenvalue weighted by atomic mass is 16.1. The molecule has 126 valence electrons. The molecule has 0 radical (unpaired) electrons. The van der Waals surface area contributed by atoms with E-state index >= 15 is 0 Å². The summed E-state index contributed by atoms with van der Waals surface area (Å²) < 4.78 is 0. The van der Waals surface area contributed by atoms with Crippen molar-refractivity contribution >= 4 is 5.91 Å². The molecule has 0 aliphatic carbocycles. The summed E-state index contributed by atoms with van der Waals surface area (Å²) in [5.41, 5.74) is 3.88. The highest BCUT2D eigenvalue weighted by Crippen LogP contribution is 2.26. The third kappa shape index (κ3) is 4.20. The highest BCUT2D eigenvalue weighted by Gasteiger charge is 2.23. The Bertz CT molecular complexity index is 679. The van der Waals surface area contributed by atoms with Gasteiger partial charge in [0, 0.05) is 36.6 Å². The molecule has 24 heavy (non-hydrogen) atoms. The number of nitrogens with zero attached hydrogens (tertiary/aromatic N) is 2. The van der Waals surface area contributed by atoms with Crippen molar-refractivity contribution in [3.8, 4) is 0 Å². The van der Waals surface area contributed by atoms with Crippen LogP contribution >= 0.6 is 0 Å². The molecule has 1 aromatic heterocycles. The van der Waals surface area contributed by atoms with Crippen LogP contribution in [0.25, 0.3) is 0 Å². The number of carbonyl (C=O) groups excluding carboxylic acids is 1. The number of pyridine rings is 1. The van der Waals surface area contributed by atoms with E-state index in [1.54, 1.807) is 0 Å². The van der Waals surface area contributed by atoms with Crippen LogP contribution in [0.5, 0.6) is 0 Å². The van der Waals surface area contributed by atoms with Gasteiger partial charge >= 0.3 is 0 Å². The van der Waals surface area contributed by atoms with Crippen molar-refractivity contribution in [1.82, 2.24) is 15.2 Å². The lowest BCUT2D eigenvalue weighted by molar-refractivity contribution is 0.0949. The van der Waals surface area contributed by atoms with Gasteiger partial charge < -0.3 is 10.2 Å². The van der Waals surface area contributed by atoms with Crippen LogP contribution in [0.3, 0.4) is 0 Å². The third-order valence-corrected chi connectivity index (χ3v) is 4.60. The molecule has 1 atom stereocenters. The van der Waals surface area contributed by atoms with E-state index in [0.29, 0.717) is 18.0 Å². The minimum absolute atomic E-state index is 0.0117. The maximum Gasteiger partial charge on any atom is 0.251 e. The first-order valence-corrected chi connectivity index (χ1v) is 8.62. The number of hydrogen-bond acceptors (Lipinski definition) is 3. The molecule has 1 unspecified atom stereocenters. The first-order valence-electron chi connectivity index (χ1n) is 8.62. The number of nitrogens with one attached hydrogen (secondary N) is 1. The van der Waals surface area contributed by atoms with Gasteiger partial charge in [0.2, 0.25) is 0 Å². The Balaban J connectivity index is 1.46. The van der Waals surface area contributed by atoms with Gasteiger partial charge in [0.25, 0.3) is 5.91 Å². The molecule has 1 N–H and O–H groups in total. The Hall–Kier alpha value is -2.20. The van der Waals surface area contributed by atoms with Crippen molar-refractivity contribution in [3.05, 3.63) is 65.0 Å².